The molecule has 6 aromatic rings. The molecule has 0 atom stereocenters. The van der Waals surface area contributed by atoms with Crippen LogP contribution in [0.2, 0.25) is 0 Å². The number of benzene rings is 4. The van der Waals surface area contributed by atoms with Crippen molar-refractivity contribution in [2.75, 3.05) is 0 Å². The minimum Gasteiger partial charge on any atom is -0.313 e. The molecule has 0 fully saturated rings. The second-order valence-electron chi connectivity index (χ2n) is 9.50. The molecule has 0 N–H and O–H groups in total. The molecular formula is C36H27BrN2. The zero-order valence-electron chi connectivity index (χ0n) is 21.7. The Morgan fingerprint density at radius 1 is 0.692 bits per heavy atom. The summed E-state index contributed by atoms with van der Waals surface area (Å²) in [6.07, 6.45) is 5.94. The Hall–Kier alpha value is -4.47. The quantitative estimate of drug-likeness (QED) is 0.183. The molecule has 2 nitrogen and oxygen atoms in total. The van der Waals surface area contributed by atoms with Gasteiger partial charge in [0.25, 0.3) is 0 Å². The molecule has 0 aliphatic heterocycles. The lowest BCUT2D eigenvalue weighted by atomic mass is 10.00. The van der Waals surface area contributed by atoms with Crippen LogP contribution in [0.3, 0.4) is 0 Å². The van der Waals surface area contributed by atoms with Gasteiger partial charge < -0.3 is 4.57 Å². The molecule has 2 heterocycles. The molecule has 2 aromatic heterocycles. The van der Waals surface area contributed by atoms with Gasteiger partial charge in [0.2, 0.25) is 0 Å². The van der Waals surface area contributed by atoms with E-state index in [9.17, 15) is 0 Å². The van der Waals surface area contributed by atoms with Crippen molar-refractivity contribution in [1.29, 1.82) is 0 Å². The highest BCUT2D eigenvalue weighted by Gasteiger charge is 2.15. The molecule has 6 rings (SSSR count). The van der Waals surface area contributed by atoms with E-state index in [0.29, 0.717) is 0 Å². The number of halogens is 1. The summed E-state index contributed by atoms with van der Waals surface area (Å²) < 4.78 is 3.39. The van der Waals surface area contributed by atoms with Crippen molar-refractivity contribution >= 4 is 32.9 Å². The van der Waals surface area contributed by atoms with Crippen LogP contribution < -0.4 is 0 Å². The summed E-state index contributed by atoms with van der Waals surface area (Å²) in [5, 5.41) is 1.20. The lowest BCUT2D eigenvalue weighted by Gasteiger charge is -2.13. The van der Waals surface area contributed by atoms with Gasteiger partial charge in [0, 0.05) is 37.9 Å². The topological polar surface area (TPSA) is 17.8 Å². The molecule has 4 aromatic carbocycles. The fourth-order valence-electron chi connectivity index (χ4n) is 5.16. The number of rotatable bonds is 6. The third-order valence-corrected chi connectivity index (χ3v) is 7.51. The van der Waals surface area contributed by atoms with Crippen LogP contribution in [0.15, 0.2) is 138 Å². The molecule has 39 heavy (non-hydrogen) atoms. The van der Waals surface area contributed by atoms with E-state index in [2.05, 4.69) is 143 Å². The lowest BCUT2D eigenvalue weighted by Crippen LogP contribution is -1.98. The number of allylic oxidation sites excluding steroid dienone is 2. The van der Waals surface area contributed by atoms with Crippen LogP contribution in [0.5, 0.6) is 0 Å². The van der Waals surface area contributed by atoms with Gasteiger partial charge >= 0.3 is 0 Å². The first-order valence-electron chi connectivity index (χ1n) is 13.0. The minimum atomic E-state index is 0.945. The Bertz CT molecular complexity index is 1770. The van der Waals surface area contributed by atoms with E-state index < -0.39 is 0 Å². The third-order valence-electron chi connectivity index (χ3n) is 7.02. The zero-order chi connectivity index (χ0) is 26.8. The van der Waals surface area contributed by atoms with E-state index in [1.165, 1.54) is 22.2 Å². The number of aromatic nitrogens is 2. The molecule has 0 radical (unpaired) electrons. The summed E-state index contributed by atoms with van der Waals surface area (Å²) in [6, 6.07) is 40.4. The maximum Gasteiger partial charge on any atom is 0.0716 e. The highest BCUT2D eigenvalue weighted by molar-refractivity contribution is 9.10. The van der Waals surface area contributed by atoms with Crippen molar-refractivity contribution in [2.45, 2.75) is 6.92 Å². The molecule has 0 aliphatic rings. The summed E-state index contributed by atoms with van der Waals surface area (Å²) in [7, 11) is 0. The third kappa shape index (κ3) is 4.89. The van der Waals surface area contributed by atoms with E-state index in [1.54, 1.807) is 0 Å². The fourth-order valence-corrected chi connectivity index (χ4v) is 5.52. The molecule has 0 saturated heterocycles. The van der Waals surface area contributed by atoms with Gasteiger partial charge in [-0.1, -0.05) is 114 Å². The summed E-state index contributed by atoms with van der Waals surface area (Å²) in [5.74, 6) is 0. The molecule has 188 valence electrons. The Kier molecular flexibility index (Phi) is 6.83. The van der Waals surface area contributed by atoms with Crippen LogP contribution in [0.25, 0.3) is 56.3 Å². The van der Waals surface area contributed by atoms with E-state index in [0.717, 1.165) is 43.8 Å². The number of hydrogen-bond acceptors (Lipinski definition) is 1. The van der Waals surface area contributed by atoms with Crippen LogP contribution in [0.1, 0.15) is 11.3 Å². The number of nitrogens with zero attached hydrogens (tertiary/aromatic N) is 2. The molecular weight excluding hydrogens is 540 g/mol. The smallest absolute Gasteiger partial charge is 0.0716 e. The number of hydrogen-bond donors (Lipinski definition) is 0. The molecule has 0 spiro atoms. The minimum absolute atomic E-state index is 0.945. The van der Waals surface area contributed by atoms with Crippen molar-refractivity contribution in [3.63, 3.8) is 0 Å². The molecule has 0 unspecified atom stereocenters. The summed E-state index contributed by atoms with van der Waals surface area (Å²) >= 11 is 3.66. The molecule has 0 bridgehead atoms. The Morgan fingerprint density at radius 2 is 1.36 bits per heavy atom. The van der Waals surface area contributed by atoms with Crippen molar-refractivity contribution in [2.24, 2.45) is 0 Å². The maximum atomic E-state index is 5.14. The molecule has 0 saturated carbocycles. The van der Waals surface area contributed by atoms with Gasteiger partial charge in [0.1, 0.15) is 0 Å². The highest BCUT2D eigenvalue weighted by Crippen LogP contribution is 2.35. The van der Waals surface area contributed by atoms with Crippen LogP contribution >= 0.6 is 15.9 Å². The average Bonchev–Trinajstić information content (AvgIpc) is 3.26. The average molecular weight is 568 g/mol. The first-order chi connectivity index (χ1) is 19.1. The molecule has 0 amide bonds. The first kappa shape index (κ1) is 24.8. The van der Waals surface area contributed by atoms with E-state index in [-0.39, 0.29) is 0 Å². The van der Waals surface area contributed by atoms with Gasteiger partial charge in [-0.05, 0) is 60.5 Å². The zero-order valence-corrected chi connectivity index (χ0v) is 23.3. The van der Waals surface area contributed by atoms with E-state index in [1.807, 2.05) is 24.3 Å². The SMILES string of the molecule is C=C/C=C\c1c(C)n(-c2cccc(-c3cc(-c4ccccc4)cc(-c4ccccc4)n3)c2)c2ccc(Br)cc12. The van der Waals surface area contributed by atoms with Gasteiger partial charge in [-0.25, -0.2) is 4.98 Å². The second-order valence-corrected chi connectivity index (χ2v) is 10.4. The van der Waals surface area contributed by atoms with E-state index in [4.69, 9.17) is 4.98 Å². The van der Waals surface area contributed by atoms with Gasteiger partial charge in [0.05, 0.1) is 16.9 Å². The van der Waals surface area contributed by atoms with Gasteiger partial charge in [-0.15, -0.1) is 0 Å². The standard InChI is InChI=1S/C36H27BrN2/c1-3-4-18-32-25(2)39(36-20-19-30(37)24-33(32)36)31-17-11-16-28(21-31)35-23-29(26-12-7-5-8-13-26)22-34(38-35)27-14-9-6-10-15-27/h3-24H,1H2,2H3/b18-4-. The Labute approximate surface area is 237 Å². The van der Waals surface area contributed by atoms with Crippen molar-refractivity contribution < 1.29 is 0 Å². The number of fused-ring (bicyclic) bond motifs is 1. The molecule has 0 aliphatic carbocycles. The predicted molar refractivity (Wildman–Crippen MR) is 169 cm³/mol. The Balaban J connectivity index is 1.54. The largest absolute Gasteiger partial charge is 0.313 e. The normalized spacial score (nSPS) is 11.3. The van der Waals surface area contributed by atoms with Crippen LogP contribution in [-0.2, 0) is 0 Å². The Morgan fingerprint density at radius 3 is 2.08 bits per heavy atom. The summed E-state index contributed by atoms with van der Waals surface area (Å²) in [4.78, 5) is 5.14. The highest BCUT2D eigenvalue weighted by atomic mass is 79.9. The van der Waals surface area contributed by atoms with Gasteiger partial charge in [-0.3, -0.25) is 0 Å². The maximum absolute atomic E-state index is 5.14. The van der Waals surface area contributed by atoms with Crippen LogP contribution in [-0.4, -0.2) is 9.55 Å². The molecule has 3 heteroatoms. The predicted octanol–water partition coefficient (Wildman–Crippen LogP) is 10.3. The monoisotopic (exact) mass is 566 g/mol. The van der Waals surface area contributed by atoms with Crippen molar-refractivity contribution in [3.8, 4) is 39.3 Å². The summed E-state index contributed by atoms with van der Waals surface area (Å²) in [6.45, 7) is 6.03. The van der Waals surface area contributed by atoms with Crippen molar-refractivity contribution in [1.82, 2.24) is 9.55 Å². The van der Waals surface area contributed by atoms with Gasteiger partial charge in [0.15, 0.2) is 0 Å². The van der Waals surface area contributed by atoms with Crippen molar-refractivity contribution in [3.05, 3.63) is 150 Å². The first-order valence-corrected chi connectivity index (χ1v) is 13.7. The number of pyridine rings is 1. The summed E-state index contributed by atoms with van der Waals surface area (Å²) in [5.41, 5.74) is 11.0. The lowest BCUT2D eigenvalue weighted by molar-refractivity contribution is 1.05. The van der Waals surface area contributed by atoms with E-state index >= 15 is 0 Å². The van der Waals surface area contributed by atoms with Crippen LogP contribution in [0.4, 0.5) is 0 Å². The van der Waals surface area contributed by atoms with Crippen LogP contribution in [0, 0.1) is 6.92 Å². The second kappa shape index (κ2) is 10.7. The van der Waals surface area contributed by atoms with Gasteiger partial charge in [-0.2, -0.15) is 0 Å². The fraction of sp³-hybridized carbons (Fsp3) is 0.0278.